The van der Waals surface area contributed by atoms with Crippen LogP contribution in [0.5, 0.6) is 5.75 Å². The lowest BCUT2D eigenvalue weighted by atomic mass is 10.1. The second-order valence-corrected chi connectivity index (χ2v) is 7.21. The molecule has 1 saturated heterocycles. The van der Waals surface area contributed by atoms with Gasteiger partial charge in [0.2, 0.25) is 0 Å². The van der Waals surface area contributed by atoms with Gasteiger partial charge >= 0.3 is 0 Å². The van der Waals surface area contributed by atoms with Crippen LogP contribution < -0.4 is 4.74 Å². The quantitative estimate of drug-likeness (QED) is 0.690. The highest BCUT2D eigenvalue weighted by atomic mass is 19.1. The van der Waals surface area contributed by atoms with Crippen molar-refractivity contribution >= 4 is 0 Å². The Hall–Kier alpha value is -1.99. The lowest BCUT2D eigenvalue weighted by molar-refractivity contribution is 0.0499. The molecule has 5 nitrogen and oxygen atoms in total. The Labute approximate surface area is 166 Å². The third-order valence-corrected chi connectivity index (χ3v) is 5.14. The van der Waals surface area contributed by atoms with Crippen molar-refractivity contribution in [2.24, 2.45) is 0 Å². The van der Waals surface area contributed by atoms with Crippen molar-refractivity contribution in [1.82, 2.24) is 9.80 Å². The van der Waals surface area contributed by atoms with E-state index in [-0.39, 0.29) is 25.1 Å². The van der Waals surface area contributed by atoms with E-state index in [9.17, 15) is 9.50 Å². The normalized spacial score (nSPS) is 18.3. The van der Waals surface area contributed by atoms with Gasteiger partial charge in [0.15, 0.2) is 0 Å². The van der Waals surface area contributed by atoms with Crippen LogP contribution in [0.1, 0.15) is 17.5 Å². The molecule has 0 aliphatic carbocycles. The molecular weight excluding hydrogens is 359 g/mol. The molecule has 0 aromatic heterocycles. The highest BCUT2D eigenvalue weighted by Crippen LogP contribution is 2.20. The minimum Gasteiger partial charge on any atom is -0.491 e. The van der Waals surface area contributed by atoms with Gasteiger partial charge in [-0.15, -0.1) is 0 Å². The average Bonchev–Trinajstić information content (AvgIpc) is 2.71. The minimum absolute atomic E-state index is 0.0101. The fourth-order valence-corrected chi connectivity index (χ4v) is 3.67. The van der Waals surface area contributed by atoms with Crippen LogP contribution in [0, 0.1) is 5.82 Å². The molecule has 0 bridgehead atoms. The SMILES string of the molecule is OCCOc1ccc(CN2CCN(Cc3ccc(F)cc3)[C@@H](CCO)C2)cc1. The Morgan fingerprint density at radius 2 is 1.57 bits per heavy atom. The third kappa shape index (κ3) is 6.01. The Balaban J connectivity index is 1.56. The van der Waals surface area contributed by atoms with Crippen LogP contribution in [0.4, 0.5) is 4.39 Å². The molecular formula is C22H29FN2O3. The summed E-state index contributed by atoms with van der Waals surface area (Å²) in [5.41, 5.74) is 2.31. The van der Waals surface area contributed by atoms with Crippen molar-refractivity contribution in [3.05, 3.63) is 65.5 Å². The standard InChI is InChI=1S/C22H29FN2O3/c23-20-5-1-19(2-6-20)16-25-11-10-24(17-21(25)9-12-26)15-18-3-7-22(8-4-18)28-14-13-27/h1-8,21,26-27H,9-17H2/t21-/m0/s1. The Morgan fingerprint density at radius 1 is 0.893 bits per heavy atom. The molecule has 28 heavy (non-hydrogen) atoms. The summed E-state index contributed by atoms with van der Waals surface area (Å²) in [7, 11) is 0. The molecule has 1 atom stereocenters. The third-order valence-electron chi connectivity index (χ3n) is 5.14. The van der Waals surface area contributed by atoms with Crippen LogP contribution in [0.25, 0.3) is 0 Å². The number of nitrogens with zero attached hydrogens (tertiary/aromatic N) is 2. The Morgan fingerprint density at radius 3 is 2.25 bits per heavy atom. The number of piperazine rings is 1. The maximum Gasteiger partial charge on any atom is 0.123 e. The van der Waals surface area contributed by atoms with Crippen molar-refractivity contribution < 1.29 is 19.3 Å². The van der Waals surface area contributed by atoms with Gasteiger partial charge in [0.25, 0.3) is 0 Å². The van der Waals surface area contributed by atoms with Gasteiger partial charge in [-0.05, 0) is 41.8 Å². The summed E-state index contributed by atoms with van der Waals surface area (Å²) < 4.78 is 18.5. The van der Waals surface area contributed by atoms with Crippen molar-refractivity contribution in [2.75, 3.05) is 39.5 Å². The molecule has 0 radical (unpaired) electrons. The summed E-state index contributed by atoms with van der Waals surface area (Å²) in [5, 5.41) is 18.3. The average molecular weight is 388 g/mol. The van der Waals surface area contributed by atoms with E-state index in [0.717, 1.165) is 50.5 Å². The first kappa shape index (κ1) is 20.7. The van der Waals surface area contributed by atoms with E-state index in [1.165, 1.54) is 17.7 Å². The van der Waals surface area contributed by atoms with Crippen LogP contribution in [-0.4, -0.2) is 65.5 Å². The van der Waals surface area contributed by atoms with Gasteiger partial charge in [0.05, 0.1) is 6.61 Å². The Kier molecular flexibility index (Phi) is 7.80. The summed E-state index contributed by atoms with van der Waals surface area (Å²) in [6.07, 6.45) is 0.728. The molecule has 2 N–H and O–H groups in total. The first-order chi connectivity index (χ1) is 13.7. The molecule has 152 valence electrons. The van der Waals surface area contributed by atoms with Crippen molar-refractivity contribution in [1.29, 1.82) is 0 Å². The van der Waals surface area contributed by atoms with Crippen molar-refractivity contribution in [3.8, 4) is 5.75 Å². The summed E-state index contributed by atoms with van der Waals surface area (Å²) in [6.45, 7) is 4.86. The molecule has 0 amide bonds. The number of hydrogen-bond donors (Lipinski definition) is 2. The van der Waals surface area contributed by atoms with Crippen LogP contribution in [0.3, 0.4) is 0 Å². The van der Waals surface area contributed by atoms with Crippen LogP contribution in [0.2, 0.25) is 0 Å². The smallest absolute Gasteiger partial charge is 0.123 e. The zero-order valence-corrected chi connectivity index (χ0v) is 16.1. The van der Waals surface area contributed by atoms with E-state index in [1.807, 2.05) is 24.3 Å². The Bertz CT molecular complexity index is 709. The number of hydrogen-bond acceptors (Lipinski definition) is 5. The monoisotopic (exact) mass is 388 g/mol. The second-order valence-electron chi connectivity index (χ2n) is 7.21. The van der Waals surface area contributed by atoms with Crippen LogP contribution in [-0.2, 0) is 13.1 Å². The predicted octanol–water partition coefficient (Wildman–Crippen LogP) is 2.27. The largest absolute Gasteiger partial charge is 0.491 e. The van der Waals surface area contributed by atoms with Crippen molar-refractivity contribution in [2.45, 2.75) is 25.6 Å². The molecule has 1 aliphatic heterocycles. The summed E-state index contributed by atoms with van der Waals surface area (Å²) in [6, 6.07) is 14.9. The van der Waals surface area contributed by atoms with E-state index in [1.54, 1.807) is 0 Å². The van der Waals surface area contributed by atoms with Crippen LogP contribution >= 0.6 is 0 Å². The lowest BCUT2D eigenvalue weighted by Gasteiger charge is -2.41. The first-order valence-electron chi connectivity index (χ1n) is 9.82. The zero-order chi connectivity index (χ0) is 19.8. The van der Waals surface area contributed by atoms with Gasteiger partial charge in [-0.1, -0.05) is 24.3 Å². The fraction of sp³-hybridized carbons (Fsp3) is 0.455. The molecule has 0 spiro atoms. The summed E-state index contributed by atoms with van der Waals surface area (Å²) in [5.74, 6) is 0.549. The van der Waals surface area contributed by atoms with Gasteiger partial charge in [0.1, 0.15) is 18.2 Å². The van der Waals surface area contributed by atoms with Gasteiger partial charge in [0, 0.05) is 45.4 Å². The molecule has 2 aromatic carbocycles. The lowest BCUT2D eigenvalue weighted by Crippen LogP contribution is -2.52. The number of rotatable bonds is 9. The zero-order valence-electron chi connectivity index (χ0n) is 16.1. The topological polar surface area (TPSA) is 56.2 Å². The van der Waals surface area contributed by atoms with Gasteiger partial charge < -0.3 is 14.9 Å². The minimum atomic E-state index is -0.215. The molecule has 3 rings (SSSR count). The molecule has 2 aromatic rings. The van der Waals surface area contributed by atoms with Crippen molar-refractivity contribution in [3.63, 3.8) is 0 Å². The second kappa shape index (κ2) is 10.5. The highest BCUT2D eigenvalue weighted by Gasteiger charge is 2.26. The number of halogens is 1. The molecule has 1 heterocycles. The van der Waals surface area contributed by atoms with E-state index < -0.39 is 0 Å². The number of aliphatic hydroxyl groups excluding tert-OH is 2. The molecule has 1 aliphatic rings. The van der Waals surface area contributed by atoms with E-state index in [0.29, 0.717) is 6.61 Å². The molecule has 1 fully saturated rings. The van der Waals surface area contributed by atoms with E-state index in [2.05, 4.69) is 21.9 Å². The maximum atomic E-state index is 13.1. The number of ether oxygens (including phenoxy) is 1. The highest BCUT2D eigenvalue weighted by molar-refractivity contribution is 5.27. The van der Waals surface area contributed by atoms with Gasteiger partial charge in [-0.2, -0.15) is 0 Å². The first-order valence-corrected chi connectivity index (χ1v) is 9.82. The number of aliphatic hydroxyl groups is 2. The molecule has 0 unspecified atom stereocenters. The maximum absolute atomic E-state index is 13.1. The number of benzene rings is 2. The molecule has 6 heteroatoms. The van der Waals surface area contributed by atoms with Gasteiger partial charge in [-0.25, -0.2) is 4.39 Å². The summed E-state index contributed by atoms with van der Waals surface area (Å²) >= 11 is 0. The van der Waals surface area contributed by atoms with E-state index in [4.69, 9.17) is 9.84 Å². The van der Waals surface area contributed by atoms with Gasteiger partial charge in [-0.3, -0.25) is 9.80 Å². The van der Waals surface area contributed by atoms with Crippen LogP contribution in [0.15, 0.2) is 48.5 Å². The van der Waals surface area contributed by atoms with E-state index >= 15 is 0 Å². The predicted molar refractivity (Wildman–Crippen MR) is 107 cm³/mol. The fourth-order valence-electron chi connectivity index (χ4n) is 3.67. The summed E-state index contributed by atoms with van der Waals surface area (Å²) in [4.78, 5) is 4.79. The molecule has 0 saturated carbocycles.